The number of amides is 1. The van der Waals surface area contributed by atoms with E-state index in [1.165, 1.54) is 36.3 Å². The van der Waals surface area contributed by atoms with Gasteiger partial charge in [0.2, 0.25) is 0 Å². The predicted octanol–water partition coefficient (Wildman–Crippen LogP) is 2.85. The summed E-state index contributed by atoms with van der Waals surface area (Å²) >= 11 is 0. The van der Waals surface area contributed by atoms with Gasteiger partial charge >= 0.3 is 6.18 Å². The summed E-state index contributed by atoms with van der Waals surface area (Å²) in [5.41, 5.74) is -1.10. The number of anilines is 2. The second kappa shape index (κ2) is 8.52. The Hall–Kier alpha value is -3.96. The molecule has 4 rings (SSSR count). The Bertz CT molecular complexity index is 1240. The average Bonchev–Trinajstić information content (AvgIpc) is 2.72. The summed E-state index contributed by atoms with van der Waals surface area (Å²) in [7, 11) is 1.50. The molecule has 1 aliphatic rings. The van der Waals surface area contributed by atoms with Gasteiger partial charge in [-0.25, -0.2) is 4.39 Å². The van der Waals surface area contributed by atoms with Gasteiger partial charge in [-0.15, -0.1) is 0 Å². The van der Waals surface area contributed by atoms with Crippen molar-refractivity contribution in [2.75, 3.05) is 23.3 Å². The number of carbonyl (C=O) groups excluding carboxylic acids is 1. The maximum absolute atomic E-state index is 13.6. The third-order valence-corrected chi connectivity index (χ3v) is 5.01. The molecule has 0 atom stereocenters. The van der Waals surface area contributed by atoms with E-state index >= 15 is 0 Å². The molecule has 0 unspecified atom stereocenters. The van der Waals surface area contributed by atoms with Crippen molar-refractivity contribution < 1.29 is 27.1 Å². The summed E-state index contributed by atoms with van der Waals surface area (Å²) < 4.78 is 59.0. The minimum absolute atomic E-state index is 0.111. The molecule has 1 saturated heterocycles. The van der Waals surface area contributed by atoms with Gasteiger partial charge in [-0.3, -0.25) is 9.59 Å². The van der Waals surface area contributed by atoms with Crippen molar-refractivity contribution in [3.8, 4) is 5.75 Å². The monoisotopic (exact) mass is 463 g/mol. The van der Waals surface area contributed by atoms with Crippen LogP contribution in [0.25, 0.3) is 0 Å². The third kappa shape index (κ3) is 4.78. The third-order valence-electron chi connectivity index (χ3n) is 5.01. The number of nitrogens with one attached hydrogen (secondary N) is 1. The van der Waals surface area contributed by atoms with Crippen molar-refractivity contribution in [1.82, 2.24) is 14.8 Å². The van der Waals surface area contributed by atoms with Crippen LogP contribution >= 0.6 is 0 Å². The summed E-state index contributed by atoms with van der Waals surface area (Å²) in [5.74, 6) is -1.96. The lowest BCUT2D eigenvalue weighted by Gasteiger charge is -2.41. The summed E-state index contributed by atoms with van der Waals surface area (Å²) in [6.07, 6.45) is -1.06. The molecule has 0 bridgehead atoms. The molecule has 3 aromatic rings. The smallest absolute Gasteiger partial charge is 0.416 e. The van der Waals surface area contributed by atoms with Crippen LogP contribution in [0.15, 0.2) is 53.7 Å². The van der Waals surface area contributed by atoms with Gasteiger partial charge in [-0.05, 0) is 24.3 Å². The molecule has 1 aromatic carbocycles. The first-order chi connectivity index (χ1) is 15.6. The van der Waals surface area contributed by atoms with Gasteiger partial charge in [0, 0.05) is 19.3 Å². The standard InChI is InChI=1S/C21H17F4N5O3/c1-29-5-3-17(18(20(29)32)19(31)28-14-2-4-26-27-9-14)30-10-16(11-30)33-15-7-12(21(23,24)25)6-13(22)8-15/h2-9,16H,10-11H2,1H3,(H,26,28,31). The van der Waals surface area contributed by atoms with Crippen LogP contribution in [0.1, 0.15) is 15.9 Å². The second-order valence-electron chi connectivity index (χ2n) is 7.40. The number of aryl methyl sites for hydroxylation is 1. The maximum atomic E-state index is 13.6. The Morgan fingerprint density at radius 3 is 2.61 bits per heavy atom. The Balaban J connectivity index is 1.51. The SMILES string of the molecule is Cn1ccc(N2CC(Oc3cc(F)cc(C(F)(F)F)c3)C2)c(C(=O)Nc2ccnnc2)c1=O. The fourth-order valence-corrected chi connectivity index (χ4v) is 3.35. The first kappa shape index (κ1) is 22.2. The summed E-state index contributed by atoms with van der Waals surface area (Å²) in [4.78, 5) is 27.2. The number of hydrogen-bond donors (Lipinski definition) is 1. The first-order valence-electron chi connectivity index (χ1n) is 9.69. The topological polar surface area (TPSA) is 89.3 Å². The number of aromatic nitrogens is 3. The average molecular weight is 463 g/mol. The molecule has 3 heterocycles. The fraction of sp³-hybridized carbons (Fsp3) is 0.238. The molecule has 33 heavy (non-hydrogen) atoms. The van der Waals surface area contributed by atoms with Crippen LogP contribution in [0.4, 0.5) is 28.9 Å². The van der Waals surface area contributed by atoms with Crippen molar-refractivity contribution in [2.45, 2.75) is 12.3 Å². The van der Waals surface area contributed by atoms with Gasteiger partial charge in [-0.2, -0.15) is 23.4 Å². The number of ether oxygens (including phenoxy) is 1. The Labute approximate surface area is 184 Å². The van der Waals surface area contributed by atoms with Crippen LogP contribution in [0.3, 0.4) is 0 Å². The van der Waals surface area contributed by atoms with E-state index in [4.69, 9.17) is 4.74 Å². The molecule has 12 heteroatoms. The number of rotatable bonds is 5. The highest BCUT2D eigenvalue weighted by Crippen LogP contribution is 2.33. The zero-order valence-corrected chi connectivity index (χ0v) is 17.1. The molecule has 0 saturated carbocycles. The molecule has 0 aliphatic carbocycles. The van der Waals surface area contributed by atoms with Crippen molar-refractivity contribution in [3.63, 3.8) is 0 Å². The van der Waals surface area contributed by atoms with E-state index in [0.29, 0.717) is 17.4 Å². The van der Waals surface area contributed by atoms with Crippen LogP contribution in [0.5, 0.6) is 5.75 Å². The number of benzene rings is 1. The van der Waals surface area contributed by atoms with Gasteiger partial charge < -0.3 is 19.5 Å². The van der Waals surface area contributed by atoms with Gasteiger partial charge in [-0.1, -0.05) is 0 Å². The molecule has 2 aromatic heterocycles. The molecular formula is C21H17F4N5O3. The van der Waals surface area contributed by atoms with Crippen LogP contribution in [0.2, 0.25) is 0 Å². The van der Waals surface area contributed by atoms with E-state index in [2.05, 4.69) is 15.5 Å². The molecular weight excluding hydrogens is 446 g/mol. The minimum atomic E-state index is -4.71. The van der Waals surface area contributed by atoms with E-state index in [1.54, 1.807) is 11.0 Å². The minimum Gasteiger partial charge on any atom is -0.487 e. The quantitative estimate of drug-likeness (QED) is 0.586. The normalized spacial score (nSPS) is 14.0. The molecule has 0 spiro atoms. The van der Waals surface area contributed by atoms with E-state index in [9.17, 15) is 27.2 Å². The van der Waals surface area contributed by atoms with E-state index < -0.39 is 35.1 Å². The highest BCUT2D eigenvalue weighted by molar-refractivity contribution is 6.07. The zero-order valence-electron chi connectivity index (χ0n) is 17.1. The van der Waals surface area contributed by atoms with Crippen LogP contribution < -0.4 is 20.5 Å². The maximum Gasteiger partial charge on any atom is 0.416 e. The number of nitrogens with zero attached hydrogens (tertiary/aromatic N) is 4. The Morgan fingerprint density at radius 1 is 1.18 bits per heavy atom. The van der Waals surface area contributed by atoms with Crippen molar-refractivity contribution in [1.29, 1.82) is 0 Å². The molecule has 1 amide bonds. The van der Waals surface area contributed by atoms with E-state index in [0.717, 1.165) is 12.1 Å². The highest BCUT2D eigenvalue weighted by Gasteiger charge is 2.35. The van der Waals surface area contributed by atoms with Crippen molar-refractivity contribution in [3.05, 3.63) is 76.2 Å². The lowest BCUT2D eigenvalue weighted by molar-refractivity contribution is -0.137. The molecule has 8 nitrogen and oxygen atoms in total. The zero-order chi connectivity index (χ0) is 23.8. The Morgan fingerprint density at radius 2 is 1.94 bits per heavy atom. The van der Waals surface area contributed by atoms with Crippen LogP contribution in [-0.4, -0.2) is 39.9 Å². The Kier molecular flexibility index (Phi) is 5.75. The highest BCUT2D eigenvalue weighted by atomic mass is 19.4. The first-order valence-corrected chi connectivity index (χ1v) is 9.69. The van der Waals surface area contributed by atoms with Crippen molar-refractivity contribution >= 4 is 17.3 Å². The number of alkyl halides is 3. The van der Waals surface area contributed by atoms with Crippen LogP contribution in [0, 0.1) is 5.82 Å². The molecule has 1 N–H and O–H groups in total. The molecule has 172 valence electrons. The lowest BCUT2D eigenvalue weighted by Crippen LogP contribution is -2.55. The van der Waals surface area contributed by atoms with Crippen LogP contribution in [-0.2, 0) is 13.2 Å². The number of carbonyl (C=O) groups is 1. The summed E-state index contributed by atoms with van der Waals surface area (Å²) in [6, 6.07) is 5.09. The molecule has 1 fully saturated rings. The lowest BCUT2D eigenvalue weighted by atomic mass is 10.1. The van der Waals surface area contributed by atoms with E-state index in [1.807, 2.05) is 0 Å². The second-order valence-corrected chi connectivity index (χ2v) is 7.40. The number of hydrogen-bond acceptors (Lipinski definition) is 6. The number of halogens is 4. The van der Waals surface area contributed by atoms with Gasteiger partial charge in [0.15, 0.2) is 0 Å². The summed E-state index contributed by atoms with van der Waals surface area (Å²) in [5, 5.41) is 9.86. The van der Waals surface area contributed by atoms with E-state index in [-0.39, 0.29) is 24.4 Å². The molecule has 1 aliphatic heterocycles. The van der Waals surface area contributed by atoms with Gasteiger partial charge in [0.05, 0.1) is 42.4 Å². The largest absolute Gasteiger partial charge is 0.487 e. The predicted molar refractivity (Wildman–Crippen MR) is 110 cm³/mol. The fourth-order valence-electron chi connectivity index (χ4n) is 3.35. The van der Waals surface area contributed by atoms with Gasteiger partial charge in [0.25, 0.3) is 11.5 Å². The van der Waals surface area contributed by atoms with Crippen molar-refractivity contribution in [2.24, 2.45) is 7.05 Å². The summed E-state index contributed by atoms with van der Waals surface area (Å²) in [6.45, 7) is 0.365. The van der Waals surface area contributed by atoms with Gasteiger partial charge in [0.1, 0.15) is 23.2 Å². The number of pyridine rings is 1. The molecule has 0 radical (unpaired) electrons.